The molecule has 0 amide bonds. The molecule has 0 saturated carbocycles. The van der Waals surface area contributed by atoms with E-state index in [-0.39, 0.29) is 0 Å². The third-order valence-corrected chi connectivity index (χ3v) is 4.97. The molecule has 5 N–H and O–H groups in total. The monoisotopic (exact) mass is 407 g/mol. The van der Waals surface area contributed by atoms with Gasteiger partial charge in [-0.3, -0.25) is 0 Å². The Morgan fingerprint density at radius 2 is 1.96 bits per heavy atom. The first-order valence-electron chi connectivity index (χ1n) is 6.85. The molecule has 2 aromatic rings. The van der Waals surface area contributed by atoms with Crippen LogP contribution in [-0.2, 0) is 4.74 Å². The van der Waals surface area contributed by atoms with Gasteiger partial charge >= 0.3 is 0 Å². The number of aliphatic hydroxyl groups excluding tert-OH is 4. The molecule has 1 aliphatic rings. The lowest BCUT2D eigenvalue weighted by molar-refractivity contribution is -0.277. The van der Waals surface area contributed by atoms with Crippen LogP contribution in [0.4, 0.5) is 0 Å². The third kappa shape index (κ3) is 3.08. The van der Waals surface area contributed by atoms with Gasteiger partial charge < -0.3 is 34.9 Å². The molecule has 1 aliphatic heterocycles. The van der Waals surface area contributed by atoms with E-state index in [2.05, 4.69) is 20.9 Å². The number of H-pyrrole nitrogens is 1. The number of aromatic nitrogens is 1. The zero-order valence-corrected chi connectivity index (χ0v) is 14.0. The van der Waals surface area contributed by atoms with Crippen LogP contribution in [0, 0.1) is 0 Å². The quantitative estimate of drug-likeness (QED) is 0.512. The Kier molecular flexibility index (Phi) is 4.84. The van der Waals surface area contributed by atoms with Gasteiger partial charge in [-0.05, 0) is 28.1 Å². The van der Waals surface area contributed by atoms with Crippen molar-refractivity contribution in [3.8, 4) is 5.75 Å². The van der Waals surface area contributed by atoms with Crippen LogP contribution in [0.1, 0.15) is 0 Å². The van der Waals surface area contributed by atoms with Crippen LogP contribution in [0.2, 0.25) is 5.02 Å². The molecule has 1 fully saturated rings. The minimum Gasteiger partial charge on any atom is -0.460 e. The molecule has 1 aromatic heterocycles. The number of hydrogen-bond donors (Lipinski definition) is 5. The highest BCUT2D eigenvalue weighted by atomic mass is 79.9. The summed E-state index contributed by atoms with van der Waals surface area (Å²) in [6.45, 7) is -0.514. The molecule has 1 saturated heterocycles. The minimum atomic E-state index is -1.49. The lowest BCUT2D eigenvalue weighted by Gasteiger charge is -2.39. The van der Waals surface area contributed by atoms with Crippen molar-refractivity contribution in [3.63, 3.8) is 0 Å². The van der Waals surface area contributed by atoms with E-state index in [0.29, 0.717) is 20.6 Å². The summed E-state index contributed by atoms with van der Waals surface area (Å²) >= 11 is 9.35. The largest absolute Gasteiger partial charge is 0.460 e. The van der Waals surface area contributed by atoms with Crippen LogP contribution >= 0.6 is 27.5 Å². The van der Waals surface area contributed by atoms with Crippen molar-refractivity contribution < 1.29 is 29.9 Å². The van der Waals surface area contributed by atoms with Crippen molar-refractivity contribution >= 4 is 38.4 Å². The van der Waals surface area contributed by atoms with Gasteiger partial charge in [-0.2, -0.15) is 0 Å². The van der Waals surface area contributed by atoms with Crippen molar-refractivity contribution in [2.45, 2.75) is 30.7 Å². The van der Waals surface area contributed by atoms with Crippen LogP contribution in [0.5, 0.6) is 5.75 Å². The summed E-state index contributed by atoms with van der Waals surface area (Å²) in [6, 6.07) is 3.45. The van der Waals surface area contributed by atoms with Crippen molar-refractivity contribution in [2.75, 3.05) is 6.61 Å². The Hall–Kier alpha value is -0.870. The molecule has 2 heterocycles. The van der Waals surface area contributed by atoms with E-state index in [4.69, 9.17) is 21.1 Å². The molecule has 0 aliphatic carbocycles. The molecule has 3 rings (SSSR count). The van der Waals surface area contributed by atoms with Crippen LogP contribution < -0.4 is 4.74 Å². The van der Waals surface area contributed by atoms with E-state index in [1.165, 1.54) is 0 Å². The summed E-state index contributed by atoms with van der Waals surface area (Å²) in [5, 5.41) is 40.0. The Labute approximate surface area is 144 Å². The number of rotatable bonds is 3. The maximum absolute atomic E-state index is 10.0. The van der Waals surface area contributed by atoms with Crippen LogP contribution in [0.25, 0.3) is 10.9 Å². The Bertz CT molecular complexity index is 708. The van der Waals surface area contributed by atoms with Crippen molar-refractivity contribution in [1.29, 1.82) is 0 Å². The third-order valence-electron chi connectivity index (χ3n) is 3.78. The Morgan fingerprint density at radius 1 is 1.22 bits per heavy atom. The van der Waals surface area contributed by atoms with E-state index in [0.717, 1.165) is 5.52 Å². The fourth-order valence-corrected chi connectivity index (χ4v) is 2.99. The van der Waals surface area contributed by atoms with Gasteiger partial charge in [0.05, 0.1) is 17.1 Å². The summed E-state index contributed by atoms with van der Waals surface area (Å²) in [5.41, 5.74) is 0.720. The smallest absolute Gasteiger partial charge is 0.229 e. The molecular formula is C14H15BrClNO6. The number of benzene rings is 1. The van der Waals surface area contributed by atoms with E-state index in [1.54, 1.807) is 18.3 Å². The summed E-state index contributed by atoms with van der Waals surface area (Å²) in [4.78, 5) is 2.98. The van der Waals surface area contributed by atoms with Gasteiger partial charge in [0.2, 0.25) is 6.29 Å². The topological polar surface area (TPSA) is 115 Å². The van der Waals surface area contributed by atoms with Gasteiger partial charge in [-0.1, -0.05) is 11.6 Å². The predicted molar refractivity (Wildman–Crippen MR) is 85.4 cm³/mol. The second kappa shape index (κ2) is 6.56. The first-order chi connectivity index (χ1) is 10.9. The van der Waals surface area contributed by atoms with Gasteiger partial charge in [0.15, 0.2) is 0 Å². The van der Waals surface area contributed by atoms with Gasteiger partial charge in [-0.25, -0.2) is 0 Å². The number of fused-ring (bicyclic) bond motifs is 1. The molecule has 23 heavy (non-hydrogen) atoms. The Balaban J connectivity index is 1.88. The highest BCUT2D eigenvalue weighted by Gasteiger charge is 2.44. The average molecular weight is 409 g/mol. The van der Waals surface area contributed by atoms with Crippen LogP contribution in [0.3, 0.4) is 0 Å². The Morgan fingerprint density at radius 3 is 2.65 bits per heavy atom. The summed E-state index contributed by atoms with van der Waals surface area (Å²) in [6.07, 6.45) is -5.07. The second-order valence-electron chi connectivity index (χ2n) is 5.28. The van der Waals surface area contributed by atoms with Gasteiger partial charge in [-0.15, -0.1) is 0 Å². The maximum atomic E-state index is 10.0. The van der Waals surface area contributed by atoms with Gasteiger partial charge in [0.1, 0.15) is 30.2 Å². The molecule has 0 bridgehead atoms. The first kappa shape index (κ1) is 17.0. The van der Waals surface area contributed by atoms with E-state index in [9.17, 15) is 20.4 Å². The molecule has 7 nitrogen and oxygen atoms in total. The lowest BCUT2D eigenvalue weighted by Crippen LogP contribution is -2.60. The summed E-state index contributed by atoms with van der Waals surface area (Å²) < 4.78 is 11.6. The molecule has 0 radical (unpaired) electrons. The number of nitrogens with one attached hydrogen (secondary N) is 1. The van der Waals surface area contributed by atoms with Crippen molar-refractivity contribution in [3.05, 3.63) is 27.8 Å². The molecule has 0 spiro atoms. The predicted octanol–water partition coefficient (Wildman–Crippen LogP) is 0.762. The SMILES string of the molecule is OCC1O[C@@H](Oc2c[nH]c3cc(Cl)c(Br)cc23)C(O)[C@H](O)[C@H]1O. The number of halogens is 2. The van der Waals surface area contributed by atoms with Gasteiger partial charge in [0, 0.05) is 16.1 Å². The fraction of sp³-hybridized carbons (Fsp3) is 0.429. The second-order valence-corrected chi connectivity index (χ2v) is 6.54. The molecule has 9 heteroatoms. The van der Waals surface area contributed by atoms with E-state index in [1.807, 2.05) is 0 Å². The first-order valence-corrected chi connectivity index (χ1v) is 8.02. The fourth-order valence-electron chi connectivity index (χ4n) is 2.48. The molecule has 5 atom stereocenters. The zero-order valence-electron chi connectivity index (χ0n) is 11.7. The highest BCUT2D eigenvalue weighted by molar-refractivity contribution is 9.10. The minimum absolute atomic E-state index is 0.377. The average Bonchev–Trinajstić information content (AvgIpc) is 2.90. The normalized spacial score (nSPS) is 31.5. The van der Waals surface area contributed by atoms with Crippen molar-refractivity contribution in [1.82, 2.24) is 4.98 Å². The van der Waals surface area contributed by atoms with Crippen LogP contribution in [0.15, 0.2) is 22.8 Å². The lowest BCUT2D eigenvalue weighted by atomic mass is 9.99. The van der Waals surface area contributed by atoms with Gasteiger partial charge in [0.25, 0.3) is 0 Å². The van der Waals surface area contributed by atoms with E-state index >= 15 is 0 Å². The molecule has 1 aromatic carbocycles. The molecule has 126 valence electrons. The molecule has 2 unspecified atom stereocenters. The number of ether oxygens (including phenoxy) is 2. The maximum Gasteiger partial charge on any atom is 0.229 e. The summed E-state index contributed by atoms with van der Waals surface area (Å²) in [7, 11) is 0. The number of hydrogen-bond acceptors (Lipinski definition) is 6. The van der Waals surface area contributed by atoms with E-state index < -0.39 is 37.3 Å². The number of aromatic amines is 1. The van der Waals surface area contributed by atoms with Crippen LogP contribution in [-0.4, -0.2) is 62.7 Å². The number of aliphatic hydroxyl groups is 4. The molecular weight excluding hydrogens is 394 g/mol. The highest BCUT2D eigenvalue weighted by Crippen LogP contribution is 2.34. The summed E-state index contributed by atoms with van der Waals surface area (Å²) in [5.74, 6) is 0.377. The standard InChI is InChI=1S/C14H15BrClNO6/c15-6-1-5-8(2-7(6)16)17-3-9(5)22-14-13(21)12(20)11(19)10(4-18)23-14/h1-3,10-14,17-21H,4H2/t10?,11-,12+,13?,14+/m0/s1. The zero-order chi connectivity index (χ0) is 16.7. The van der Waals surface area contributed by atoms with Crippen molar-refractivity contribution in [2.24, 2.45) is 0 Å².